The molecule has 2 amide bonds. The van der Waals surface area contributed by atoms with Gasteiger partial charge in [-0.3, -0.25) is 10.4 Å². The van der Waals surface area contributed by atoms with E-state index in [1.165, 1.54) is 0 Å². The first-order chi connectivity index (χ1) is 15.1. The lowest BCUT2D eigenvalue weighted by Crippen LogP contribution is -2.19. The topological polar surface area (TPSA) is 97.5 Å². The van der Waals surface area contributed by atoms with Gasteiger partial charge in [-0.05, 0) is 60.2 Å². The lowest BCUT2D eigenvalue weighted by atomic mass is 10.2. The molecule has 0 unspecified atom stereocenters. The first-order valence-corrected chi connectivity index (χ1v) is 9.60. The van der Waals surface area contributed by atoms with Crippen LogP contribution >= 0.6 is 0 Å². The van der Waals surface area contributed by atoms with Gasteiger partial charge in [-0.1, -0.05) is 12.1 Å². The van der Waals surface area contributed by atoms with E-state index >= 15 is 0 Å². The Kier molecular flexibility index (Phi) is 5.89. The molecule has 0 aliphatic rings. The van der Waals surface area contributed by atoms with Crippen LogP contribution in [-0.2, 0) is 6.61 Å². The molecule has 158 valence electrons. The fraction of sp³-hybridized carbons (Fsp3) is 0.130. The van der Waals surface area contributed by atoms with Crippen molar-refractivity contribution in [1.29, 1.82) is 0 Å². The van der Waals surface area contributed by atoms with E-state index in [4.69, 9.17) is 14.2 Å². The summed E-state index contributed by atoms with van der Waals surface area (Å²) in [5.74, 6) is 2.56. The van der Waals surface area contributed by atoms with Gasteiger partial charge in [0.2, 0.25) is 0 Å². The molecule has 0 radical (unpaired) electrons. The third kappa shape index (κ3) is 4.87. The third-order valence-corrected chi connectivity index (χ3v) is 4.65. The quantitative estimate of drug-likeness (QED) is 0.400. The minimum absolute atomic E-state index is 0.390. The summed E-state index contributed by atoms with van der Waals surface area (Å²) in [7, 11) is 3.22. The maximum atomic E-state index is 12.4. The lowest BCUT2D eigenvalue weighted by molar-refractivity contribution is 0.262. The predicted octanol–water partition coefficient (Wildman–Crippen LogP) is 4.80. The zero-order valence-electron chi connectivity index (χ0n) is 17.1. The van der Waals surface area contributed by atoms with E-state index in [2.05, 4.69) is 20.8 Å². The summed E-state index contributed by atoms with van der Waals surface area (Å²) >= 11 is 0. The summed E-state index contributed by atoms with van der Waals surface area (Å²) < 4.78 is 16.3. The highest BCUT2D eigenvalue weighted by molar-refractivity contribution is 6.04. The van der Waals surface area contributed by atoms with Gasteiger partial charge in [-0.15, -0.1) is 0 Å². The Labute approximate surface area is 179 Å². The van der Waals surface area contributed by atoms with Gasteiger partial charge in [0.25, 0.3) is 0 Å². The van der Waals surface area contributed by atoms with Gasteiger partial charge >= 0.3 is 6.03 Å². The molecule has 31 heavy (non-hydrogen) atoms. The van der Waals surface area contributed by atoms with Crippen molar-refractivity contribution in [2.24, 2.45) is 0 Å². The summed E-state index contributed by atoms with van der Waals surface area (Å²) in [5.41, 5.74) is 2.41. The van der Waals surface area contributed by atoms with Crippen molar-refractivity contribution >= 4 is 28.4 Å². The number of methoxy groups -OCH3 is 2. The van der Waals surface area contributed by atoms with Gasteiger partial charge in [0.1, 0.15) is 23.9 Å². The summed E-state index contributed by atoms with van der Waals surface area (Å²) in [6, 6.07) is 19.9. The van der Waals surface area contributed by atoms with Crippen molar-refractivity contribution in [2.75, 3.05) is 24.9 Å². The maximum Gasteiger partial charge on any atom is 0.324 e. The van der Waals surface area contributed by atoms with Gasteiger partial charge in [0, 0.05) is 11.1 Å². The molecule has 1 heterocycles. The van der Waals surface area contributed by atoms with E-state index in [-0.39, 0.29) is 0 Å². The normalized spacial score (nSPS) is 10.5. The minimum Gasteiger partial charge on any atom is -0.497 e. The highest BCUT2D eigenvalue weighted by Gasteiger charge is 2.11. The Morgan fingerprint density at radius 1 is 0.903 bits per heavy atom. The van der Waals surface area contributed by atoms with Crippen LogP contribution in [0.15, 0.2) is 66.7 Å². The van der Waals surface area contributed by atoms with E-state index in [1.807, 2.05) is 42.5 Å². The summed E-state index contributed by atoms with van der Waals surface area (Å²) in [6.45, 7) is 0.390. The number of amides is 2. The fourth-order valence-corrected chi connectivity index (χ4v) is 3.05. The number of rotatable bonds is 7. The summed E-state index contributed by atoms with van der Waals surface area (Å²) in [6.07, 6.45) is 0. The van der Waals surface area contributed by atoms with Crippen LogP contribution in [0.5, 0.6) is 17.2 Å². The predicted molar refractivity (Wildman–Crippen MR) is 119 cm³/mol. The van der Waals surface area contributed by atoms with Crippen LogP contribution < -0.4 is 24.8 Å². The van der Waals surface area contributed by atoms with E-state index in [0.29, 0.717) is 29.6 Å². The summed E-state index contributed by atoms with van der Waals surface area (Å²) in [5, 5.41) is 13.4. The fourth-order valence-electron chi connectivity index (χ4n) is 3.05. The van der Waals surface area contributed by atoms with Gasteiger partial charge in [-0.2, -0.15) is 5.10 Å². The van der Waals surface area contributed by atoms with Gasteiger partial charge in [-0.25, -0.2) is 4.79 Å². The first kappa shape index (κ1) is 20.1. The van der Waals surface area contributed by atoms with Crippen LogP contribution in [0, 0.1) is 0 Å². The largest absolute Gasteiger partial charge is 0.497 e. The number of hydrogen-bond acceptors (Lipinski definition) is 5. The number of nitrogens with zero attached hydrogens (tertiary/aromatic N) is 1. The van der Waals surface area contributed by atoms with Crippen LogP contribution in [0.2, 0.25) is 0 Å². The first-order valence-electron chi connectivity index (χ1n) is 9.60. The van der Waals surface area contributed by atoms with Crippen molar-refractivity contribution < 1.29 is 19.0 Å². The molecule has 8 heteroatoms. The molecule has 0 aliphatic heterocycles. The highest BCUT2D eigenvalue weighted by Crippen LogP contribution is 2.26. The second kappa shape index (κ2) is 9.08. The number of fused-ring (bicyclic) bond motifs is 1. The molecule has 4 rings (SSSR count). The number of aromatic nitrogens is 2. The number of carbonyl (C=O) groups is 1. The van der Waals surface area contributed by atoms with Gasteiger partial charge in [0.05, 0.1) is 19.7 Å². The van der Waals surface area contributed by atoms with Crippen LogP contribution in [0.4, 0.5) is 16.3 Å². The van der Waals surface area contributed by atoms with Crippen molar-refractivity contribution in [2.45, 2.75) is 6.61 Å². The molecule has 0 spiro atoms. The van der Waals surface area contributed by atoms with Crippen molar-refractivity contribution in [3.8, 4) is 17.2 Å². The number of hydrogen-bond donors (Lipinski definition) is 3. The molecule has 0 fully saturated rings. The van der Waals surface area contributed by atoms with Gasteiger partial charge in [0.15, 0.2) is 5.82 Å². The Morgan fingerprint density at radius 2 is 1.68 bits per heavy atom. The average Bonchev–Trinajstić information content (AvgIpc) is 3.20. The molecule has 8 nitrogen and oxygen atoms in total. The minimum atomic E-state index is -0.402. The van der Waals surface area contributed by atoms with Crippen LogP contribution in [0.25, 0.3) is 10.9 Å². The van der Waals surface area contributed by atoms with Crippen molar-refractivity contribution in [1.82, 2.24) is 10.2 Å². The van der Waals surface area contributed by atoms with Crippen molar-refractivity contribution in [3.05, 3.63) is 72.3 Å². The molecule has 0 saturated heterocycles. The number of urea groups is 1. The molecular weight excluding hydrogens is 396 g/mol. The molecule has 1 aromatic heterocycles. The zero-order chi connectivity index (χ0) is 21.6. The monoisotopic (exact) mass is 418 g/mol. The Balaban J connectivity index is 1.44. The second-order valence-electron chi connectivity index (χ2n) is 6.73. The molecule has 0 aliphatic carbocycles. The number of H-pyrrole nitrogens is 1. The number of carbonyl (C=O) groups excluding carboxylic acids is 1. The van der Waals surface area contributed by atoms with E-state index in [9.17, 15) is 4.79 Å². The van der Waals surface area contributed by atoms with Gasteiger partial charge < -0.3 is 19.5 Å². The second-order valence-corrected chi connectivity index (χ2v) is 6.73. The molecule has 0 saturated carbocycles. The van der Waals surface area contributed by atoms with Crippen molar-refractivity contribution in [3.63, 3.8) is 0 Å². The molecule has 4 aromatic rings. The number of aromatic amines is 1. The standard InChI is InChI=1S/C23H22N4O4/c1-29-17-8-6-16(7-9-17)24-23(28)25-22-20-13-19(10-11-21(20)26-27-22)31-14-15-4-3-5-18(12-15)30-2/h3-13H,14H2,1-2H3,(H3,24,25,26,27,28). The molecule has 3 aromatic carbocycles. The van der Waals surface area contributed by atoms with E-state index in [1.54, 1.807) is 38.5 Å². The number of anilines is 2. The molecular formula is C23H22N4O4. The molecule has 0 bridgehead atoms. The highest BCUT2D eigenvalue weighted by atomic mass is 16.5. The lowest BCUT2D eigenvalue weighted by Gasteiger charge is -2.09. The Morgan fingerprint density at radius 3 is 2.45 bits per heavy atom. The zero-order valence-corrected chi connectivity index (χ0v) is 17.1. The number of nitrogens with one attached hydrogen (secondary N) is 3. The van der Waals surface area contributed by atoms with Crippen LogP contribution in [0.1, 0.15) is 5.56 Å². The van der Waals surface area contributed by atoms with E-state index in [0.717, 1.165) is 22.2 Å². The van der Waals surface area contributed by atoms with Crippen LogP contribution in [-0.4, -0.2) is 30.4 Å². The average molecular weight is 418 g/mol. The maximum absolute atomic E-state index is 12.4. The Bertz CT molecular complexity index is 1190. The third-order valence-electron chi connectivity index (χ3n) is 4.65. The Hall–Kier alpha value is -4.20. The van der Waals surface area contributed by atoms with Crippen LogP contribution in [0.3, 0.4) is 0 Å². The molecule has 0 atom stereocenters. The number of benzene rings is 3. The van der Waals surface area contributed by atoms with E-state index < -0.39 is 6.03 Å². The summed E-state index contributed by atoms with van der Waals surface area (Å²) in [4.78, 5) is 12.4. The smallest absolute Gasteiger partial charge is 0.324 e. The SMILES string of the molecule is COc1ccc(NC(=O)Nc2n[nH]c3ccc(OCc4cccc(OC)c4)cc23)cc1. The molecule has 3 N–H and O–H groups in total. The number of ether oxygens (including phenoxy) is 3.